The van der Waals surface area contributed by atoms with Crippen LogP contribution in [-0.4, -0.2) is 28.9 Å². The van der Waals surface area contributed by atoms with Crippen LogP contribution >= 0.6 is 34.8 Å². The molecule has 166 valence electrons. The van der Waals surface area contributed by atoms with Crippen molar-refractivity contribution < 1.29 is 19.1 Å². The Kier molecular flexibility index (Phi) is 18.7. The summed E-state index contributed by atoms with van der Waals surface area (Å²) >= 11 is 16.5. The zero-order valence-electron chi connectivity index (χ0n) is 17.3. The molecule has 0 aliphatic rings. The molecule has 0 saturated carbocycles. The van der Waals surface area contributed by atoms with Gasteiger partial charge in [-0.3, -0.25) is 9.59 Å². The Labute approximate surface area is 185 Å². The first-order valence-electron chi connectivity index (χ1n) is 10.7. The van der Waals surface area contributed by atoms with Crippen LogP contribution in [0.4, 0.5) is 0 Å². The van der Waals surface area contributed by atoms with Gasteiger partial charge in [0.05, 0.1) is 6.61 Å². The predicted octanol–water partition coefficient (Wildman–Crippen LogP) is 7.31. The van der Waals surface area contributed by atoms with Crippen LogP contribution in [0.25, 0.3) is 0 Å². The first-order chi connectivity index (χ1) is 13.3. The van der Waals surface area contributed by atoms with Gasteiger partial charge in [-0.15, -0.1) is 0 Å². The van der Waals surface area contributed by atoms with Crippen LogP contribution < -0.4 is 0 Å². The lowest BCUT2D eigenvalue weighted by Gasteiger charge is -2.11. The van der Waals surface area contributed by atoms with Crippen LogP contribution in [-0.2, 0) is 19.1 Å². The second-order valence-electron chi connectivity index (χ2n) is 7.24. The third-order valence-corrected chi connectivity index (χ3v) is 4.75. The zero-order valence-corrected chi connectivity index (χ0v) is 19.6. The Balaban J connectivity index is 3.31. The molecule has 0 atom stereocenters. The van der Waals surface area contributed by atoms with Crippen LogP contribution in [0, 0.1) is 0 Å². The Morgan fingerprint density at radius 3 is 1.57 bits per heavy atom. The molecule has 0 rings (SSSR count). The van der Waals surface area contributed by atoms with Crippen molar-refractivity contribution in [3.63, 3.8) is 0 Å². The van der Waals surface area contributed by atoms with Crippen LogP contribution in [0.5, 0.6) is 0 Å². The van der Waals surface area contributed by atoms with Gasteiger partial charge in [0.25, 0.3) is 0 Å². The second kappa shape index (κ2) is 18.8. The number of halogens is 3. The van der Waals surface area contributed by atoms with Gasteiger partial charge in [-0.25, -0.2) is 0 Å². The molecule has 0 spiro atoms. The highest BCUT2D eigenvalue weighted by Crippen LogP contribution is 2.26. The lowest BCUT2D eigenvalue weighted by molar-refractivity contribution is -0.144. The van der Waals surface area contributed by atoms with Gasteiger partial charge in [-0.05, 0) is 19.3 Å². The fourth-order valence-electron chi connectivity index (χ4n) is 2.80. The third kappa shape index (κ3) is 22.1. The molecule has 28 heavy (non-hydrogen) atoms. The maximum atomic E-state index is 11.7. The molecule has 0 bridgehead atoms. The maximum absolute atomic E-state index is 11.7. The molecule has 0 saturated heterocycles. The number of hydrogen-bond donors (Lipinski definition) is 0. The van der Waals surface area contributed by atoms with E-state index >= 15 is 0 Å². The summed E-state index contributed by atoms with van der Waals surface area (Å²) in [5, 5.41) is 0. The maximum Gasteiger partial charge on any atom is 0.305 e. The summed E-state index contributed by atoms with van der Waals surface area (Å²) < 4.78 is 8.58. The van der Waals surface area contributed by atoms with Gasteiger partial charge >= 0.3 is 11.9 Å². The quantitative estimate of drug-likeness (QED) is 0.122. The SMILES string of the molecule is CCCCCCCCCOC(=O)CCCCCCCCC(=O)OCC(Cl)(Cl)Cl. The fraction of sp³-hybridized carbons (Fsp3) is 0.905. The highest BCUT2D eigenvalue weighted by atomic mass is 35.6. The largest absolute Gasteiger partial charge is 0.466 e. The Hall–Kier alpha value is -0.190. The highest BCUT2D eigenvalue weighted by molar-refractivity contribution is 6.67. The first kappa shape index (κ1) is 27.8. The van der Waals surface area contributed by atoms with Crippen LogP contribution in [0.3, 0.4) is 0 Å². The molecule has 0 radical (unpaired) electrons. The smallest absolute Gasteiger partial charge is 0.305 e. The fourth-order valence-corrected chi connectivity index (χ4v) is 2.96. The van der Waals surface area contributed by atoms with Crippen LogP contribution in [0.15, 0.2) is 0 Å². The van der Waals surface area contributed by atoms with E-state index in [1.165, 1.54) is 32.1 Å². The van der Waals surface area contributed by atoms with E-state index in [4.69, 9.17) is 44.3 Å². The molecule has 4 nitrogen and oxygen atoms in total. The first-order valence-corrected chi connectivity index (χ1v) is 11.9. The molecule has 0 aliphatic carbocycles. The van der Waals surface area contributed by atoms with Crippen molar-refractivity contribution in [2.45, 2.75) is 107 Å². The monoisotopic (exact) mass is 458 g/mol. The lowest BCUT2D eigenvalue weighted by atomic mass is 10.1. The van der Waals surface area contributed by atoms with Crippen LogP contribution in [0.1, 0.15) is 103 Å². The van der Waals surface area contributed by atoms with Crippen molar-refractivity contribution in [3.05, 3.63) is 0 Å². The van der Waals surface area contributed by atoms with Crippen molar-refractivity contribution in [2.24, 2.45) is 0 Å². The van der Waals surface area contributed by atoms with E-state index < -0.39 is 3.79 Å². The van der Waals surface area contributed by atoms with Crippen molar-refractivity contribution in [1.29, 1.82) is 0 Å². The van der Waals surface area contributed by atoms with Gasteiger partial charge in [-0.2, -0.15) is 0 Å². The molecule has 0 aliphatic heterocycles. The van der Waals surface area contributed by atoms with E-state index in [1.807, 2.05) is 0 Å². The summed E-state index contributed by atoms with van der Waals surface area (Å²) in [6.45, 7) is 2.56. The summed E-state index contributed by atoms with van der Waals surface area (Å²) in [4.78, 5) is 23.1. The van der Waals surface area contributed by atoms with Gasteiger partial charge in [0.15, 0.2) is 0 Å². The van der Waals surface area contributed by atoms with Gasteiger partial charge in [-0.1, -0.05) is 106 Å². The average molecular weight is 460 g/mol. The Morgan fingerprint density at radius 2 is 1.07 bits per heavy atom. The van der Waals surface area contributed by atoms with E-state index in [2.05, 4.69) is 6.92 Å². The third-order valence-electron chi connectivity index (χ3n) is 4.42. The summed E-state index contributed by atoms with van der Waals surface area (Å²) in [5.41, 5.74) is 0. The molecule has 0 fully saturated rings. The number of alkyl halides is 3. The van der Waals surface area contributed by atoms with E-state index in [0.29, 0.717) is 19.4 Å². The topological polar surface area (TPSA) is 52.6 Å². The van der Waals surface area contributed by atoms with E-state index in [-0.39, 0.29) is 18.5 Å². The number of carbonyl (C=O) groups excluding carboxylic acids is 2. The van der Waals surface area contributed by atoms with Gasteiger partial charge in [0.2, 0.25) is 3.79 Å². The minimum atomic E-state index is -1.55. The van der Waals surface area contributed by atoms with E-state index in [1.54, 1.807) is 0 Å². The van der Waals surface area contributed by atoms with Crippen molar-refractivity contribution in [2.75, 3.05) is 13.2 Å². The Bertz CT molecular complexity index is 398. The average Bonchev–Trinajstić information content (AvgIpc) is 2.63. The zero-order chi connectivity index (χ0) is 21.1. The number of unbranched alkanes of at least 4 members (excludes halogenated alkanes) is 11. The predicted molar refractivity (Wildman–Crippen MR) is 117 cm³/mol. The van der Waals surface area contributed by atoms with Crippen molar-refractivity contribution >= 4 is 46.7 Å². The molecule has 0 aromatic rings. The molecule has 0 aromatic carbocycles. The molecule has 0 amide bonds. The number of esters is 2. The summed E-state index contributed by atoms with van der Waals surface area (Å²) in [6, 6.07) is 0. The molecule has 0 N–H and O–H groups in total. The van der Waals surface area contributed by atoms with Gasteiger partial charge in [0.1, 0.15) is 6.61 Å². The van der Waals surface area contributed by atoms with E-state index in [0.717, 1.165) is 51.4 Å². The summed E-state index contributed by atoms with van der Waals surface area (Å²) in [6.07, 6.45) is 15.1. The van der Waals surface area contributed by atoms with Crippen molar-refractivity contribution in [3.8, 4) is 0 Å². The van der Waals surface area contributed by atoms with Gasteiger partial charge in [0, 0.05) is 12.8 Å². The molecule has 7 heteroatoms. The number of ether oxygens (including phenoxy) is 2. The number of carbonyl (C=O) groups is 2. The molecule has 0 heterocycles. The highest BCUT2D eigenvalue weighted by Gasteiger charge is 2.21. The number of rotatable bonds is 18. The normalized spacial score (nSPS) is 11.4. The standard InChI is InChI=1S/C21H37Cl3O4/c1-2-3-4-5-8-11-14-17-27-19(25)15-12-9-6-7-10-13-16-20(26)28-18-21(22,23)24/h2-18H2,1H3. The number of hydrogen-bond acceptors (Lipinski definition) is 4. The minimum absolute atomic E-state index is 0.0809. The van der Waals surface area contributed by atoms with Gasteiger partial charge < -0.3 is 9.47 Å². The summed E-state index contributed by atoms with van der Waals surface area (Å²) in [7, 11) is 0. The summed E-state index contributed by atoms with van der Waals surface area (Å²) in [5.74, 6) is -0.419. The molecular formula is C21H37Cl3O4. The second-order valence-corrected chi connectivity index (χ2v) is 9.76. The van der Waals surface area contributed by atoms with E-state index in [9.17, 15) is 9.59 Å². The molecule has 0 unspecified atom stereocenters. The lowest BCUT2D eigenvalue weighted by Crippen LogP contribution is -2.17. The minimum Gasteiger partial charge on any atom is -0.466 e. The molecule has 0 aromatic heterocycles. The van der Waals surface area contributed by atoms with Crippen molar-refractivity contribution in [1.82, 2.24) is 0 Å². The Morgan fingerprint density at radius 1 is 0.643 bits per heavy atom. The van der Waals surface area contributed by atoms with Crippen LogP contribution in [0.2, 0.25) is 0 Å². The molecular weight excluding hydrogens is 423 g/mol.